The SMILES string of the molecule is CCOC(=O)c1nc(CNCCCc2cc(C(F)(F)F)ccc2F)sc1C. The van der Waals surface area contributed by atoms with Crippen molar-refractivity contribution in [3.05, 3.63) is 50.7 Å². The molecule has 0 aliphatic heterocycles. The highest BCUT2D eigenvalue weighted by Gasteiger charge is 2.30. The van der Waals surface area contributed by atoms with Crippen molar-refractivity contribution >= 4 is 17.3 Å². The maximum Gasteiger partial charge on any atom is 0.416 e. The van der Waals surface area contributed by atoms with Gasteiger partial charge in [-0.1, -0.05) is 0 Å². The van der Waals surface area contributed by atoms with Crippen LogP contribution in [0.3, 0.4) is 0 Å². The Kier molecular flexibility index (Phi) is 7.32. The third-order valence-electron chi connectivity index (χ3n) is 3.76. The molecule has 0 saturated carbocycles. The molecule has 1 heterocycles. The second-order valence-electron chi connectivity index (χ2n) is 5.82. The molecular weight excluding hydrogens is 384 g/mol. The first kappa shape index (κ1) is 21.3. The number of alkyl halides is 3. The van der Waals surface area contributed by atoms with Crippen molar-refractivity contribution in [2.45, 2.75) is 39.4 Å². The summed E-state index contributed by atoms with van der Waals surface area (Å²) >= 11 is 1.37. The van der Waals surface area contributed by atoms with Crippen LogP contribution < -0.4 is 5.32 Å². The van der Waals surface area contributed by atoms with Gasteiger partial charge in [0, 0.05) is 11.4 Å². The smallest absolute Gasteiger partial charge is 0.416 e. The molecule has 1 N–H and O–H groups in total. The minimum absolute atomic E-state index is 0.0429. The molecule has 9 heteroatoms. The molecule has 0 bridgehead atoms. The average molecular weight is 404 g/mol. The summed E-state index contributed by atoms with van der Waals surface area (Å²) in [7, 11) is 0. The van der Waals surface area contributed by atoms with Crippen molar-refractivity contribution in [1.82, 2.24) is 10.3 Å². The van der Waals surface area contributed by atoms with Gasteiger partial charge in [0.25, 0.3) is 0 Å². The van der Waals surface area contributed by atoms with Crippen LogP contribution in [0.5, 0.6) is 0 Å². The highest BCUT2D eigenvalue weighted by atomic mass is 32.1. The van der Waals surface area contributed by atoms with E-state index in [4.69, 9.17) is 4.74 Å². The van der Waals surface area contributed by atoms with Crippen molar-refractivity contribution in [2.24, 2.45) is 0 Å². The van der Waals surface area contributed by atoms with Crippen LogP contribution in [0.25, 0.3) is 0 Å². The molecular formula is C18H20F4N2O2S. The first-order valence-electron chi connectivity index (χ1n) is 8.42. The molecule has 0 unspecified atom stereocenters. The number of aromatic nitrogens is 1. The van der Waals surface area contributed by atoms with E-state index in [1.54, 1.807) is 13.8 Å². The number of hydrogen-bond acceptors (Lipinski definition) is 5. The van der Waals surface area contributed by atoms with Gasteiger partial charge in [0.1, 0.15) is 10.8 Å². The lowest BCUT2D eigenvalue weighted by atomic mass is 10.1. The molecule has 0 aliphatic rings. The number of thiazole rings is 1. The largest absolute Gasteiger partial charge is 0.461 e. The summed E-state index contributed by atoms with van der Waals surface area (Å²) in [5.41, 5.74) is -0.511. The summed E-state index contributed by atoms with van der Waals surface area (Å²) in [4.78, 5) is 16.7. The van der Waals surface area contributed by atoms with Gasteiger partial charge in [-0.25, -0.2) is 14.2 Å². The lowest BCUT2D eigenvalue weighted by molar-refractivity contribution is -0.137. The average Bonchev–Trinajstić information content (AvgIpc) is 2.96. The number of esters is 1. The van der Waals surface area contributed by atoms with Crippen LogP contribution in [0.1, 0.15) is 44.8 Å². The van der Waals surface area contributed by atoms with E-state index >= 15 is 0 Å². The van der Waals surface area contributed by atoms with Crippen molar-refractivity contribution < 1.29 is 27.1 Å². The molecule has 0 fully saturated rings. The second-order valence-corrected chi connectivity index (χ2v) is 7.10. The quantitative estimate of drug-likeness (QED) is 0.400. The minimum Gasteiger partial charge on any atom is -0.461 e. The second kappa shape index (κ2) is 9.27. The van der Waals surface area contributed by atoms with Gasteiger partial charge in [-0.15, -0.1) is 11.3 Å². The first-order chi connectivity index (χ1) is 12.7. The van der Waals surface area contributed by atoms with E-state index < -0.39 is 23.5 Å². The molecule has 2 aromatic rings. The van der Waals surface area contributed by atoms with Crippen LogP contribution in [-0.4, -0.2) is 24.1 Å². The number of benzene rings is 1. The summed E-state index contributed by atoms with van der Waals surface area (Å²) in [6, 6.07) is 2.44. The third-order valence-corrected chi connectivity index (χ3v) is 4.73. The van der Waals surface area contributed by atoms with Gasteiger partial charge in [-0.05, 0) is 57.0 Å². The van der Waals surface area contributed by atoms with Crippen LogP contribution >= 0.6 is 11.3 Å². The van der Waals surface area contributed by atoms with Crippen LogP contribution in [-0.2, 0) is 23.9 Å². The zero-order valence-corrected chi connectivity index (χ0v) is 15.8. The van der Waals surface area contributed by atoms with Crippen LogP contribution in [0, 0.1) is 12.7 Å². The van der Waals surface area contributed by atoms with Gasteiger partial charge in [-0.3, -0.25) is 0 Å². The molecule has 27 heavy (non-hydrogen) atoms. The van der Waals surface area contributed by atoms with Gasteiger partial charge in [0.15, 0.2) is 5.69 Å². The standard InChI is InChI=1S/C18H20F4N2O2S/c1-3-26-17(25)16-11(2)27-15(24-16)10-23-8-4-5-12-9-13(18(20,21)22)6-7-14(12)19/h6-7,9,23H,3-5,8,10H2,1-2H3. The predicted molar refractivity (Wildman–Crippen MR) is 94.2 cm³/mol. The van der Waals surface area contributed by atoms with Crippen molar-refractivity contribution in [3.63, 3.8) is 0 Å². The normalized spacial score (nSPS) is 11.6. The third kappa shape index (κ3) is 6.00. The van der Waals surface area contributed by atoms with E-state index in [1.165, 1.54) is 11.3 Å². The van der Waals surface area contributed by atoms with Crippen molar-refractivity contribution in [3.8, 4) is 0 Å². The molecule has 4 nitrogen and oxygen atoms in total. The molecule has 0 amide bonds. The number of nitrogens with one attached hydrogen (secondary N) is 1. The molecule has 0 radical (unpaired) electrons. The Morgan fingerprint density at radius 2 is 2.07 bits per heavy atom. The Balaban J connectivity index is 1.83. The Bertz CT molecular complexity index is 790. The Labute approximate surface area is 158 Å². The highest BCUT2D eigenvalue weighted by molar-refractivity contribution is 7.11. The minimum atomic E-state index is -4.49. The molecule has 0 saturated heterocycles. The van der Waals surface area contributed by atoms with E-state index in [2.05, 4.69) is 10.3 Å². The monoisotopic (exact) mass is 404 g/mol. The predicted octanol–water partition coefficient (Wildman–Crippen LogP) is 4.51. The van der Waals surface area contributed by atoms with Gasteiger partial charge < -0.3 is 10.1 Å². The van der Waals surface area contributed by atoms with Crippen LogP contribution in [0.15, 0.2) is 18.2 Å². The van der Waals surface area contributed by atoms with E-state index in [9.17, 15) is 22.4 Å². The van der Waals surface area contributed by atoms with Crippen LogP contribution in [0.4, 0.5) is 17.6 Å². The van der Waals surface area contributed by atoms with Crippen molar-refractivity contribution in [2.75, 3.05) is 13.2 Å². The molecule has 0 aliphatic carbocycles. The van der Waals surface area contributed by atoms with Gasteiger partial charge in [-0.2, -0.15) is 13.2 Å². The zero-order chi connectivity index (χ0) is 20.0. The first-order valence-corrected chi connectivity index (χ1v) is 9.23. The number of halogens is 4. The topological polar surface area (TPSA) is 51.2 Å². The summed E-state index contributed by atoms with van der Waals surface area (Å²) in [6.07, 6.45) is -3.83. The number of nitrogens with zero attached hydrogens (tertiary/aromatic N) is 1. The Morgan fingerprint density at radius 1 is 1.33 bits per heavy atom. The summed E-state index contributed by atoms with van der Waals surface area (Å²) in [6.45, 7) is 4.66. The van der Waals surface area contributed by atoms with Gasteiger partial charge in [0.05, 0.1) is 12.2 Å². The number of ether oxygens (including phenoxy) is 1. The number of carbonyl (C=O) groups is 1. The van der Waals surface area contributed by atoms with E-state index in [-0.39, 0.29) is 18.6 Å². The summed E-state index contributed by atoms with van der Waals surface area (Å²) in [5.74, 6) is -1.10. The van der Waals surface area contributed by atoms with E-state index in [1.807, 2.05) is 0 Å². The maximum atomic E-state index is 13.7. The maximum absolute atomic E-state index is 13.7. The molecule has 1 aromatic carbocycles. The fourth-order valence-corrected chi connectivity index (χ4v) is 3.35. The van der Waals surface area contributed by atoms with Gasteiger partial charge >= 0.3 is 12.1 Å². The molecule has 148 valence electrons. The Morgan fingerprint density at radius 3 is 2.74 bits per heavy atom. The molecule has 0 atom stereocenters. The number of hydrogen-bond donors (Lipinski definition) is 1. The number of aryl methyl sites for hydroxylation is 2. The lowest BCUT2D eigenvalue weighted by Gasteiger charge is -2.10. The number of carbonyl (C=O) groups excluding carboxylic acids is 1. The molecule has 1 aromatic heterocycles. The zero-order valence-electron chi connectivity index (χ0n) is 15.0. The summed E-state index contributed by atoms with van der Waals surface area (Å²) < 4.78 is 56.7. The van der Waals surface area contributed by atoms with Crippen molar-refractivity contribution in [1.29, 1.82) is 0 Å². The van der Waals surface area contributed by atoms with E-state index in [0.29, 0.717) is 30.2 Å². The van der Waals surface area contributed by atoms with Crippen LogP contribution in [0.2, 0.25) is 0 Å². The lowest BCUT2D eigenvalue weighted by Crippen LogP contribution is -2.16. The van der Waals surface area contributed by atoms with E-state index in [0.717, 1.165) is 23.1 Å². The summed E-state index contributed by atoms with van der Waals surface area (Å²) in [5, 5.41) is 3.81. The molecule has 2 rings (SSSR count). The molecule has 0 spiro atoms. The fraction of sp³-hybridized carbons (Fsp3) is 0.444. The van der Waals surface area contributed by atoms with Gasteiger partial charge in [0.2, 0.25) is 0 Å². The fourth-order valence-electron chi connectivity index (χ4n) is 2.46. The number of rotatable bonds is 8. The highest BCUT2D eigenvalue weighted by Crippen LogP contribution is 2.30. The Hall–Kier alpha value is -2.00.